The highest BCUT2D eigenvalue weighted by Gasteiger charge is 2.31. The molecule has 1 fully saturated rings. The molecule has 38 heavy (non-hydrogen) atoms. The number of aryl methyl sites for hydroxylation is 2. The van der Waals surface area contributed by atoms with Crippen LogP contribution in [-0.4, -0.2) is 28.0 Å². The van der Waals surface area contributed by atoms with E-state index in [0.717, 1.165) is 74.3 Å². The zero-order chi connectivity index (χ0) is 26.6. The van der Waals surface area contributed by atoms with Gasteiger partial charge in [-0.2, -0.15) is 0 Å². The van der Waals surface area contributed by atoms with Crippen molar-refractivity contribution in [1.82, 2.24) is 9.97 Å². The fourth-order valence-corrected chi connectivity index (χ4v) is 5.79. The Morgan fingerprint density at radius 3 is 2.71 bits per heavy atom. The van der Waals surface area contributed by atoms with Gasteiger partial charge in [0.15, 0.2) is 5.78 Å². The van der Waals surface area contributed by atoms with E-state index in [1.54, 1.807) is 6.92 Å². The highest BCUT2D eigenvalue weighted by Crippen LogP contribution is 2.45. The van der Waals surface area contributed by atoms with Crippen molar-refractivity contribution in [2.45, 2.75) is 78.4 Å². The van der Waals surface area contributed by atoms with E-state index < -0.39 is 11.7 Å². The molecule has 196 valence electrons. The lowest BCUT2D eigenvalue weighted by Crippen LogP contribution is -2.27. The molecule has 0 bridgehead atoms. The summed E-state index contributed by atoms with van der Waals surface area (Å²) in [6.45, 7) is 10.3. The first-order valence-corrected chi connectivity index (χ1v) is 13.8. The van der Waals surface area contributed by atoms with Crippen LogP contribution in [0, 0.1) is 12.8 Å². The van der Waals surface area contributed by atoms with Crippen LogP contribution in [0.5, 0.6) is 5.75 Å². The maximum atomic E-state index is 13.2. The summed E-state index contributed by atoms with van der Waals surface area (Å²) in [7, 11) is 0. The van der Waals surface area contributed by atoms with Gasteiger partial charge in [0.1, 0.15) is 11.9 Å². The fourth-order valence-electron chi connectivity index (χ4n) is 5.79. The fraction of sp³-hybridized carbons (Fsp3) is 0.424. The molecule has 1 atom stereocenters. The highest BCUT2D eigenvalue weighted by atomic mass is 16.5. The van der Waals surface area contributed by atoms with E-state index in [4.69, 9.17) is 19.4 Å². The Bertz CT molecular complexity index is 1550. The molecule has 0 amide bonds. The van der Waals surface area contributed by atoms with E-state index in [1.165, 1.54) is 24.8 Å². The lowest BCUT2D eigenvalue weighted by molar-refractivity contribution is -0.138. The molecule has 0 unspecified atom stereocenters. The minimum absolute atomic E-state index is 0.0170. The number of hydrogen-bond donors (Lipinski definition) is 0. The lowest BCUT2D eigenvalue weighted by Gasteiger charge is -2.30. The summed E-state index contributed by atoms with van der Waals surface area (Å²) in [5.74, 6) is 1.71. The van der Waals surface area contributed by atoms with E-state index in [0.29, 0.717) is 6.61 Å². The van der Waals surface area contributed by atoms with Gasteiger partial charge in [-0.1, -0.05) is 18.9 Å². The molecule has 3 heterocycles. The number of pyridine rings is 2. The van der Waals surface area contributed by atoms with Crippen molar-refractivity contribution in [3.63, 3.8) is 0 Å². The predicted molar refractivity (Wildman–Crippen MR) is 152 cm³/mol. The van der Waals surface area contributed by atoms with Crippen molar-refractivity contribution in [2.75, 3.05) is 6.61 Å². The maximum Gasteiger partial charge on any atom is 0.163 e. The van der Waals surface area contributed by atoms with Crippen molar-refractivity contribution < 1.29 is 14.3 Å². The molecule has 2 aromatic carbocycles. The lowest BCUT2D eigenvalue weighted by atomic mass is 9.85. The number of carbonyl (C=O) groups excluding carboxylic acids is 1. The molecule has 1 aliphatic heterocycles. The smallest absolute Gasteiger partial charge is 0.163 e. The number of ketones is 1. The number of benzene rings is 2. The summed E-state index contributed by atoms with van der Waals surface area (Å²) >= 11 is 0. The monoisotopic (exact) mass is 508 g/mol. The summed E-state index contributed by atoms with van der Waals surface area (Å²) in [5, 5.41) is 2.07. The summed E-state index contributed by atoms with van der Waals surface area (Å²) < 4.78 is 12.5. The number of Topliss-reactive ketones (excluding diaryl/α,β-unsaturated/α-hetero) is 1. The van der Waals surface area contributed by atoms with E-state index in [2.05, 4.69) is 37.3 Å². The Labute approximate surface area is 224 Å². The van der Waals surface area contributed by atoms with Crippen LogP contribution in [0.4, 0.5) is 0 Å². The highest BCUT2D eigenvalue weighted by molar-refractivity contribution is 6.08. The summed E-state index contributed by atoms with van der Waals surface area (Å²) in [5.41, 5.74) is 7.57. The number of carbonyl (C=O) groups is 1. The number of ether oxygens (including phenoxy) is 2. The van der Waals surface area contributed by atoms with Crippen molar-refractivity contribution in [3.05, 3.63) is 65.0 Å². The van der Waals surface area contributed by atoms with Gasteiger partial charge < -0.3 is 9.47 Å². The normalized spacial score (nSPS) is 16.0. The zero-order valence-electron chi connectivity index (χ0n) is 23.1. The van der Waals surface area contributed by atoms with Crippen molar-refractivity contribution in [1.29, 1.82) is 0 Å². The Morgan fingerprint density at radius 2 is 1.97 bits per heavy atom. The van der Waals surface area contributed by atoms with Crippen molar-refractivity contribution >= 4 is 27.6 Å². The number of fused-ring (bicyclic) bond motifs is 1. The van der Waals surface area contributed by atoms with E-state index in [9.17, 15) is 4.79 Å². The third kappa shape index (κ3) is 4.69. The summed E-state index contributed by atoms with van der Waals surface area (Å²) in [4.78, 5) is 23.1. The Balaban J connectivity index is 1.63. The van der Waals surface area contributed by atoms with Crippen LogP contribution in [0.3, 0.4) is 0 Å². The molecule has 2 aromatic heterocycles. The molecule has 0 radical (unpaired) electrons. The number of rotatable bonds is 7. The standard InChI is InChI=1S/C33H36N2O3/c1-19-18-26-24(11-10-23(35-26)9-8-21-6-7-21)30(28(19)32(20(2)36)38-33(3,4)5)25-12-13-27-29-22(15-17-37-27)14-16-34-31(25)29/h10-14,16,18,21,32H,6-9,15,17H2,1-5H3/t32-/m1/s1. The summed E-state index contributed by atoms with van der Waals surface area (Å²) in [6, 6.07) is 12.7. The van der Waals surface area contributed by atoms with Crippen molar-refractivity contribution in [3.8, 4) is 16.9 Å². The van der Waals surface area contributed by atoms with Crippen LogP contribution in [0.15, 0.2) is 42.6 Å². The van der Waals surface area contributed by atoms with Gasteiger partial charge in [0.25, 0.3) is 0 Å². The molecular weight excluding hydrogens is 472 g/mol. The van der Waals surface area contributed by atoms with Gasteiger partial charge in [-0.15, -0.1) is 0 Å². The zero-order valence-corrected chi connectivity index (χ0v) is 23.1. The van der Waals surface area contributed by atoms with Crippen LogP contribution in [0.25, 0.3) is 32.9 Å². The van der Waals surface area contributed by atoms with Crippen LogP contribution in [0.2, 0.25) is 0 Å². The minimum atomic E-state index is -0.703. The Morgan fingerprint density at radius 1 is 1.16 bits per heavy atom. The first kappa shape index (κ1) is 25.0. The van der Waals surface area contributed by atoms with Crippen LogP contribution < -0.4 is 4.74 Å². The topological polar surface area (TPSA) is 61.3 Å². The Kier molecular flexibility index (Phi) is 6.22. The summed E-state index contributed by atoms with van der Waals surface area (Å²) in [6.07, 6.45) is 6.94. The quantitative estimate of drug-likeness (QED) is 0.259. The van der Waals surface area contributed by atoms with Crippen molar-refractivity contribution in [2.24, 2.45) is 5.92 Å². The molecule has 4 aromatic rings. The molecule has 1 saturated carbocycles. The van der Waals surface area contributed by atoms with Gasteiger partial charge in [-0.3, -0.25) is 14.8 Å². The van der Waals surface area contributed by atoms with Gasteiger partial charge in [0.05, 0.1) is 23.2 Å². The molecule has 0 saturated heterocycles. The molecule has 0 spiro atoms. The van der Waals surface area contributed by atoms with Crippen LogP contribution in [-0.2, 0) is 22.4 Å². The minimum Gasteiger partial charge on any atom is -0.493 e. The van der Waals surface area contributed by atoms with Crippen LogP contribution in [0.1, 0.15) is 75.4 Å². The molecule has 5 heteroatoms. The number of nitrogens with zero attached hydrogens (tertiary/aromatic N) is 2. The Hall–Kier alpha value is -3.31. The van der Waals surface area contributed by atoms with E-state index in [-0.39, 0.29) is 5.78 Å². The van der Waals surface area contributed by atoms with Gasteiger partial charge in [-0.25, -0.2) is 0 Å². The first-order chi connectivity index (χ1) is 18.2. The first-order valence-electron chi connectivity index (χ1n) is 13.8. The van der Waals surface area contributed by atoms with E-state index >= 15 is 0 Å². The number of aromatic nitrogens is 2. The molecule has 6 rings (SSSR count). The average Bonchev–Trinajstić information content (AvgIpc) is 3.70. The molecule has 1 aliphatic carbocycles. The van der Waals surface area contributed by atoms with E-state index in [1.807, 2.05) is 33.0 Å². The second-order valence-electron chi connectivity index (χ2n) is 12.0. The largest absolute Gasteiger partial charge is 0.493 e. The third-order valence-electron chi connectivity index (χ3n) is 7.75. The third-order valence-corrected chi connectivity index (χ3v) is 7.75. The second kappa shape index (κ2) is 9.46. The molecule has 5 nitrogen and oxygen atoms in total. The molecule has 0 N–H and O–H groups in total. The number of hydrogen-bond acceptors (Lipinski definition) is 5. The second-order valence-corrected chi connectivity index (χ2v) is 12.0. The van der Waals surface area contributed by atoms with Gasteiger partial charge in [-0.05, 0) is 106 Å². The average molecular weight is 509 g/mol. The van der Waals surface area contributed by atoms with Gasteiger partial charge in [0.2, 0.25) is 0 Å². The van der Waals surface area contributed by atoms with Gasteiger partial charge >= 0.3 is 0 Å². The molecule has 2 aliphatic rings. The van der Waals surface area contributed by atoms with Crippen LogP contribution >= 0.6 is 0 Å². The SMILES string of the molecule is CC(=O)[C@@H](OC(C)(C)C)c1c(C)cc2nc(CCC3CC3)ccc2c1-c1ccc2c3c(ccnc13)CCO2. The maximum absolute atomic E-state index is 13.2. The molecular formula is C33H36N2O3. The van der Waals surface area contributed by atoms with Gasteiger partial charge in [0, 0.05) is 34.6 Å². The predicted octanol–water partition coefficient (Wildman–Crippen LogP) is 7.48.